The summed E-state index contributed by atoms with van der Waals surface area (Å²) in [5.74, 6) is -0.216. The highest BCUT2D eigenvalue weighted by Crippen LogP contribution is 2.11. The topological polar surface area (TPSA) is 87.5 Å². The van der Waals surface area contributed by atoms with Gasteiger partial charge >= 0.3 is 0 Å². The zero-order valence-corrected chi connectivity index (χ0v) is 15.4. The minimum atomic E-state index is -0.299. The fourth-order valence-corrected chi connectivity index (χ4v) is 3.41. The van der Waals surface area contributed by atoms with Crippen molar-refractivity contribution in [1.82, 2.24) is 24.9 Å². The summed E-state index contributed by atoms with van der Waals surface area (Å²) in [7, 11) is 1.51. The molecule has 1 aliphatic heterocycles. The van der Waals surface area contributed by atoms with E-state index in [1.54, 1.807) is 0 Å². The number of thiophene rings is 1. The monoisotopic (exact) mass is 375 g/mol. The molecule has 2 aromatic heterocycles. The summed E-state index contributed by atoms with van der Waals surface area (Å²) in [5.41, 5.74) is 0.718. The number of rotatable bonds is 5. The second-order valence-corrected chi connectivity index (χ2v) is 6.86. The van der Waals surface area contributed by atoms with Gasteiger partial charge in [-0.1, -0.05) is 0 Å². The average molecular weight is 375 g/mol. The van der Waals surface area contributed by atoms with Gasteiger partial charge in [0.05, 0.1) is 5.56 Å². The number of hydrogen-bond acceptors (Lipinski definition) is 6. The Morgan fingerprint density at radius 3 is 2.62 bits per heavy atom. The van der Waals surface area contributed by atoms with Gasteiger partial charge in [0.15, 0.2) is 0 Å². The number of carbonyl (C=O) groups is 2. The molecule has 1 saturated heterocycles. The lowest BCUT2D eigenvalue weighted by atomic mass is 10.2. The van der Waals surface area contributed by atoms with Crippen LogP contribution in [0.3, 0.4) is 0 Å². The van der Waals surface area contributed by atoms with Crippen molar-refractivity contribution in [1.29, 1.82) is 0 Å². The number of amides is 2. The minimum absolute atomic E-state index is 0.0833. The first-order valence-electron chi connectivity index (χ1n) is 8.41. The molecule has 0 unspecified atom stereocenters. The first-order chi connectivity index (χ1) is 12.5. The molecule has 0 aliphatic carbocycles. The van der Waals surface area contributed by atoms with Crippen molar-refractivity contribution in [2.24, 2.45) is 7.05 Å². The average Bonchev–Trinajstić information content (AvgIpc) is 3.18. The summed E-state index contributed by atoms with van der Waals surface area (Å²) in [5, 5.41) is 10.5. The molecule has 0 atom stereocenters. The molecule has 0 radical (unpaired) electrons. The molecule has 9 heteroatoms. The largest absolute Gasteiger partial charge is 0.349 e. The lowest BCUT2D eigenvalue weighted by molar-refractivity contribution is 0.0638. The van der Waals surface area contributed by atoms with Crippen molar-refractivity contribution in [3.05, 3.63) is 50.6 Å². The molecule has 138 valence electrons. The third-order valence-electron chi connectivity index (χ3n) is 4.33. The van der Waals surface area contributed by atoms with Gasteiger partial charge < -0.3 is 10.2 Å². The van der Waals surface area contributed by atoms with Gasteiger partial charge in [-0.25, -0.2) is 4.68 Å². The van der Waals surface area contributed by atoms with E-state index in [0.29, 0.717) is 26.2 Å². The van der Waals surface area contributed by atoms with Crippen LogP contribution in [0, 0.1) is 0 Å². The summed E-state index contributed by atoms with van der Waals surface area (Å²) in [6.07, 6.45) is 0. The van der Waals surface area contributed by atoms with Gasteiger partial charge in [-0.15, -0.1) is 0 Å². The van der Waals surface area contributed by atoms with E-state index in [1.165, 1.54) is 30.5 Å². The number of aromatic nitrogens is 2. The Hall–Kier alpha value is -2.52. The Balaban J connectivity index is 1.41. The molecule has 1 N–H and O–H groups in total. The molecule has 3 heterocycles. The van der Waals surface area contributed by atoms with E-state index in [2.05, 4.69) is 15.3 Å². The highest BCUT2D eigenvalue weighted by molar-refractivity contribution is 7.08. The molecular formula is C17H21N5O3S. The maximum absolute atomic E-state index is 12.3. The maximum atomic E-state index is 12.3. The van der Waals surface area contributed by atoms with Crippen LogP contribution in [0.2, 0.25) is 0 Å². The standard InChI is InChI=1S/C17H21N5O3S/c1-20-15(23)3-2-14(19-20)16(24)18-5-6-21-7-9-22(10-8-21)17(25)13-4-11-26-12-13/h2-4,11-12H,5-10H2,1H3,(H,18,24). The zero-order valence-electron chi connectivity index (χ0n) is 14.6. The van der Waals surface area contributed by atoms with E-state index in [1.807, 2.05) is 21.7 Å². The van der Waals surface area contributed by atoms with E-state index >= 15 is 0 Å². The summed E-state index contributed by atoms with van der Waals surface area (Å²) in [6, 6.07) is 4.60. The molecule has 26 heavy (non-hydrogen) atoms. The van der Waals surface area contributed by atoms with Crippen LogP contribution in [-0.4, -0.2) is 70.7 Å². The maximum Gasteiger partial charge on any atom is 0.271 e. The molecule has 2 amide bonds. The zero-order chi connectivity index (χ0) is 18.5. The van der Waals surface area contributed by atoms with Crippen LogP contribution < -0.4 is 10.9 Å². The summed E-state index contributed by atoms with van der Waals surface area (Å²) >= 11 is 1.52. The van der Waals surface area contributed by atoms with Crippen LogP contribution >= 0.6 is 11.3 Å². The predicted molar refractivity (Wildman–Crippen MR) is 98.5 cm³/mol. The van der Waals surface area contributed by atoms with Crippen molar-refractivity contribution >= 4 is 23.2 Å². The number of nitrogens with zero attached hydrogens (tertiary/aromatic N) is 4. The SMILES string of the molecule is Cn1nc(C(=O)NCCN2CCN(C(=O)c3ccsc3)CC2)ccc1=O. The van der Waals surface area contributed by atoms with Gasteiger partial charge in [0.2, 0.25) is 0 Å². The fraction of sp³-hybridized carbons (Fsp3) is 0.412. The lowest BCUT2D eigenvalue weighted by Gasteiger charge is -2.34. The normalized spacial score (nSPS) is 15.0. The van der Waals surface area contributed by atoms with Crippen molar-refractivity contribution in [3.8, 4) is 0 Å². The molecule has 0 spiro atoms. The van der Waals surface area contributed by atoms with E-state index < -0.39 is 0 Å². The molecule has 1 fully saturated rings. The number of carbonyl (C=O) groups excluding carboxylic acids is 2. The number of hydrogen-bond donors (Lipinski definition) is 1. The van der Waals surface area contributed by atoms with Crippen LogP contribution in [0.15, 0.2) is 33.8 Å². The van der Waals surface area contributed by atoms with Gasteiger partial charge in [0.1, 0.15) is 5.69 Å². The summed E-state index contributed by atoms with van der Waals surface area (Å²) < 4.78 is 1.14. The van der Waals surface area contributed by atoms with Crippen LogP contribution in [0.1, 0.15) is 20.8 Å². The van der Waals surface area contributed by atoms with E-state index in [4.69, 9.17) is 0 Å². The molecule has 0 aromatic carbocycles. The van der Waals surface area contributed by atoms with Gasteiger partial charge in [0, 0.05) is 57.8 Å². The molecule has 0 bridgehead atoms. The molecule has 0 saturated carbocycles. The Labute approximate surface area is 155 Å². The highest BCUT2D eigenvalue weighted by atomic mass is 32.1. The minimum Gasteiger partial charge on any atom is -0.349 e. The highest BCUT2D eigenvalue weighted by Gasteiger charge is 2.22. The fourth-order valence-electron chi connectivity index (χ4n) is 2.78. The second kappa shape index (κ2) is 8.24. The molecule has 1 aliphatic rings. The van der Waals surface area contributed by atoms with Crippen LogP contribution in [0.5, 0.6) is 0 Å². The van der Waals surface area contributed by atoms with Gasteiger partial charge in [-0.2, -0.15) is 16.4 Å². The molecule has 8 nitrogen and oxygen atoms in total. The Kier molecular flexibility index (Phi) is 5.79. The van der Waals surface area contributed by atoms with E-state index in [-0.39, 0.29) is 23.1 Å². The Bertz CT molecular complexity index is 825. The van der Waals surface area contributed by atoms with E-state index in [9.17, 15) is 14.4 Å². The van der Waals surface area contributed by atoms with Crippen LogP contribution in [0.4, 0.5) is 0 Å². The predicted octanol–water partition coefficient (Wildman–Crippen LogP) is 0.0296. The second-order valence-electron chi connectivity index (χ2n) is 6.08. The number of nitrogens with one attached hydrogen (secondary N) is 1. The number of piperazine rings is 1. The molecular weight excluding hydrogens is 354 g/mol. The Morgan fingerprint density at radius 1 is 1.19 bits per heavy atom. The molecule has 3 rings (SSSR count). The van der Waals surface area contributed by atoms with Gasteiger partial charge in [-0.05, 0) is 17.5 Å². The lowest BCUT2D eigenvalue weighted by Crippen LogP contribution is -2.50. The third kappa shape index (κ3) is 4.36. The molecule has 2 aromatic rings. The van der Waals surface area contributed by atoms with Crippen LogP contribution in [0.25, 0.3) is 0 Å². The van der Waals surface area contributed by atoms with Crippen LogP contribution in [-0.2, 0) is 7.05 Å². The van der Waals surface area contributed by atoms with Crippen molar-refractivity contribution in [2.75, 3.05) is 39.3 Å². The van der Waals surface area contributed by atoms with Crippen molar-refractivity contribution < 1.29 is 9.59 Å². The number of aryl methyl sites for hydroxylation is 1. The van der Waals surface area contributed by atoms with Gasteiger partial charge in [0.25, 0.3) is 17.4 Å². The third-order valence-corrected chi connectivity index (χ3v) is 5.02. The first-order valence-corrected chi connectivity index (χ1v) is 9.35. The quantitative estimate of drug-likeness (QED) is 0.797. The van der Waals surface area contributed by atoms with E-state index in [0.717, 1.165) is 23.3 Å². The first kappa shape index (κ1) is 18.3. The smallest absolute Gasteiger partial charge is 0.271 e. The van der Waals surface area contributed by atoms with Crippen molar-refractivity contribution in [3.63, 3.8) is 0 Å². The van der Waals surface area contributed by atoms with Crippen molar-refractivity contribution in [2.45, 2.75) is 0 Å². The van der Waals surface area contributed by atoms with Gasteiger partial charge in [-0.3, -0.25) is 19.3 Å². The summed E-state index contributed by atoms with van der Waals surface area (Å²) in [4.78, 5) is 39.7. The summed E-state index contributed by atoms with van der Waals surface area (Å²) in [6.45, 7) is 4.13. The Morgan fingerprint density at radius 2 is 1.96 bits per heavy atom.